The third-order valence-corrected chi connectivity index (χ3v) is 2.97. The number of rotatable bonds is 6. The minimum absolute atomic E-state index is 0.376. The Labute approximate surface area is 124 Å². The summed E-state index contributed by atoms with van der Waals surface area (Å²) in [5.74, 6) is -0.376. The number of imidazole rings is 1. The lowest BCUT2D eigenvalue weighted by Crippen LogP contribution is -2.21. The second-order valence-corrected chi connectivity index (χ2v) is 5.10. The smallest absolute Gasteiger partial charge is 0.339 e. The lowest BCUT2D eigenvalue weighted by atomic mass is 10.2. The van der Waals surface area contributed by atoms with Crippen LogP contribution in [0.2, 0.25) is 0 Å². The van der Waals surface area contributed by atoms with Crippen molar-refractivity contribution in [2.75, 3.05) is 7.11 Å². The average Bonchev–Trinajstić information content (AvgIpc) is 2.92. The fourth-order valence-electron chi connectivity index (χ4n) is 1.84. The molecule has 2 rings (SSSR count). The van der Waals surface area contributed by atoms with Gasteiger partial charge in [0.2, 0.25) is 0 Å². The van der Waals surface area contributed by atoms with E-state index in [0.717, 1.165) is 17.9 Å². The van der Waals surface area contributed by atoms with E-state index in [4.69, 9.17) is 0 Å². The normalized spacial score (nSPS) is 10.9. The fourth-order valence-corrected chi connectivity index (χ4v) is 1.84. The van der Waals surface area contributed by atoms with E-state index in [1.54, 1.807) is 12.4 Å². The van der Waals surface area contributed by atoms with E-state index in [-0.39, 0.29) is 5.97 Å². The van der Waals surface area contributed by atoms with Gasteiger partial charge >= 0.3 is 5.97 Å². The minimum Gasteiger partial charge on any atom is -0.465 e. The summed E-state index contributed by atoms with van der Waals surface area (Å²) in [4.78, 5) is 19.9. The van der Waals surface area contributed by atoms with Gasteiger partial charge in [-0.05, 0) is 12.1 Å². The van der Waals surface area contributed by atoms with E-state index in [0.29, 0.717) is 18.2 Å². The SMILES string of the molecule is COC(=O)c1ccc(Cn2cnc(CNC(C)C)c2)nc1. The maximum Gasteiger partial charge on any atom is 0.339 e. The van der Waals surface area contributed by atoms with Gasteiger partial charge < -0.3 is 14.6 Å². The van der Waals surface area contributed by atoms with Crippen LogP contribution in [-0.2, 0) is 17.8 Å². The molecule has 0 aliphatic carbocycles. The third-order valence-electron chi connectivity index (χ3n) is 2.97. The predicted octanol–water partition coefficient (Wildman–Crippen LogP) is 1.61. The van der Waals surface area contributed by atoms with Crippen LogP contribution < -0.4 is 5.32 Å². The Hall–Kier alpha value is -2.21. The zero-order chi connectivity index (χ0) is 15.2. The van der Waals surface area contributed by atoms with Gasteiger partial charge in [-0.3, -0.25) is 4.98 Å². The molecule has 0 aliphatic heterocycles. The number of carbonyl (C=O) groups excluding carboxylic acids is 1. The highest BCUT2D eigenvalue weighted by molar-refractivity contribution is 5.88. The number of pyridine rings is 1. The molecule has 0 aliphatic rings. The van der Waals surface area contributed by atoms with Gasteiger partial charge in [0, 0.05) is 25.0 Å². The minimum atomic E-state index is -0.376. The predicted molar refractivity (Wildman–Crippen MR) is 78.9 cm³/mol. The summed E-state index contributed by atoms with van der Waals surface area (Å²) < 4.78 is 6.61. The van der Waals surface area contributed by atoms with Crippen molar-refractivity contribution in [2.24, 2.45) is 0 Å². The van der Waals surface area contributed by atoms with Crippen molar-refractivity contribution in [3.8, 4) is 0 Å². The summed E-state index contributed by atoms with van der Waals surface area (Å²) in [6.45, 7) is 5.57. The number of esters is 1. The second-order valence-electron chi connectivity index (χ2n) is 5.10. The van der Waals surface area contributed by atoms with E-state index in [1.807, 2.05) is 16.8 Å². The summed E-state index contributed by atoms with van der Waals surface area (Å²) in [6, 6.07) is 3.97. The highest BCUT2D eigenvalue weighted by Crippen LogP contribution is 2.05. The summed E-state index contributed by atoms with van der Waals surface area (Å²) >= 11 is 0. The van der Waals surface area contributed by atoms with Gasteiger partial charge in [-0.15, -0.1) is 0 Å². The summed E-state index contributed by atoms with van der Waals surface area (Å²) in [5, 5.41) is 3.32. The quantitative estimate of drug-likeness (QED) is 0.818. The van der Waals surface area contributed by atoms with Crippen LogP contribution in [0.5, 0.6) is 0 Å². The first-order chi connectivity index (χ1) is 10.1. The zero-order valence-electron chi connectivity index (χ0n) is 12.5. The molecular formula is C15H20N4O2. The van der Waals surface area contributed by atoms with Crippen molar-refractivity contribution >= 4 is 5.97 Å². The first-order valence-electron chi connectivity index (χ1n) is 6.85. The number of methoxy groups -OCH3 is 1. The van der Waals surface area contributed by atoms with Gasteiger partial charge in [0.25, 0.3) is 0 Å². The average molecular weight is 288 g/mol. The summed E-state index contributed by atoms with van der Waals surface area (Å²) in [6.07, 6.45) is 5.30. The van der Waals surface area contributed by atoms with Crippen LogP contribution in [0.1, 0.15) is 35.6 Å². The Morgan fingerprint density at radius 2 is 2.14 bits per heavy atom. The van der Waals surface area contributed by atoms with Gasteiger partial charge in [0.15, 0.2) is 0 Å². The molecule has 0 unspecified atom stereocenters. The van der Waals surface area contributed by atoms with Crippen molar-refractivity contribution in [3.63, 3.8) is 0 Å². The van der Waals surface area contributed by atoms with Crippen molar-refractivity contribution in [1.29, 1.82) is 0 Å². The Balaban J connectivity index is 1.97. The number of aromatic nitrogens is 3. The maximum atomic E-state index is 11.3. The van der Waals surface area contributed by atoms with Crippen molar-refractivity contribution < 1.29 is 9.53 Å². The first-order valence-corrected chi connectivity index (χ1v) is 6.85. The highest BCUT2D eigenvalue weighted by atomic mass is 16.5. The third kappa shape index (κ3) is 4.39. The molecule has 2 heterocycles. The van der Waals surface area contributed by atoms with Crippen LogP contribution in [0.4, 0.5) is 0 Å². The number of hydrogen-bond acceptors (Lipinski definition) is 5. The number of ether oxygens (including phenoxy) is 1. The second kappa shape index (κ2) is 6.99. The van der Waals surface area contributed by atoms with Crippen molar-refractivity contribution in [2.45, 2.75) is 33.0 Å². The molecule has 1 N–H and O–H groups in total. The fraction of sp³-hybridized carbons (Fsp3) is 0.400. The van der Waals surface area contributed by atoms with Crippen LogP contribution in [0.25, 0.3) is 0 Å². The topological polar surface area (TPSA) is 69.0 Å². The maximum absolute atomic E-state index is 11.3. The lowest BCUT2D eigenvalue weighted by Gasteiger charge is -2.05. The molecule has 21 heavy (non-hydrogen) atoms. The molecular weight excluding hydrogens is 268 g/mol. The molecule has 0 spiro atoms. The van der Waals surface area contributed by atoms with Crippen molar-refractivity contribution in [3.05, 3.63) is 47.8 Å². The van der Waals surface area contributed by atoms with Crippen LogP contribution in [0.15, 0.2) is 30.9 Å². The van der Waals surface area contributed by atoms with Crippen LogP contribution in [0, 0.1) is 0 Å². The Morgan fingerprint density at radius 1 is 1.33 bits per heavy atom. The molecule has 2 aromatic rings. The van der Waals surface area contributed by atoms with E-state index in [1.165, 1.54) is 13.3 Å². The van der Waals surface area contributed by atoms with E-state index in [9.17, 15) is 4.79 Å². The molecule has 0 atom stereocenters. The number of nitrogens with one attached hydrogen (secondary N) is 1. The number of nitrogens with zero attached hydrogens (tertiary/aromatic N) is 3. The molecule has 0 saturated heterocycles. The van der Waals surface area contributed by atoms with Gasteiger partial charge in [0.1, 0.15) is 0 Å². The summed E-state index contributed by atoms with van der Waals surface area (Å²) in [5.41, 5.74) is 2.31. The van der Waals surface area contributed by atoms with Gasteiger partial charge in [-0.1, -0.05) is 13.8 Å². The molecule has 2 aromatic heterocycles. The Bertz CT molecular complexity index is 590. The van der Waals surface area contributed by atoms with E-state index < -0.39 is 0 Å². The van der Waals surface area contributed by atoms with Gasteiger partial charge in [0.05, 0.1) is 36.9 Å². The van der Waals surface area contributed by atoms with Crippen LogP contribution >= 0.6 is 0 Å². The van der Waals surface area contributed by atoms with Crippen molar-refractivity contribution in [1.82, 2.24) is 19.9 Å². The monoisotopic (exact) mass is 288 g/mol. The Morgan fingerprint density at radius 3 is 2.76 bits per heavy atom. The first kappa shape index (κ1) is 15.2. The summed E-state index contributed by atoms with van der Waals surface area (Å²) in [7, 11) is 1.36. The molecule has 112 valence electrons. The molecule has 6 nitrogen and oxygen atoms in total. The highest BCUT2D eigenvalue weighted by Gasteiger charge is 2.06. The van der Waals surface area contributed by atoms with Gasteiger partial charge in [-0.2, -0.15) is 0 Å². The molecule has 0 saturated carbocycles. The van der Waals surface area contributed by atoms with Gasteiger partial charge in [-0.25, -0.2) is 9.78 Å². The molecule has 0 bridgehead atoms. The molecule has 0 radical (unpaired) electrons. The largest absolute Gasteiger partial charge is 0.465 e. The molecule has 0 fully saturated rings. The van der Waals surface area contributed by atoms with E-state index >= 15 is 0 Å². The molecule has 0 amide bonds. The van der Waals surface area contributed by atoms with E-state index in [2.05, 4.69) is 33.9 Å². The Kier molecular flexibility index (Phi) is 5.05. The lowest BCUT2D eigenvalue weighted by molar-refractivity contribution is 0.0600. The number of carbonyl (C=O) groups is 1. The molecule has 6 heteroatoms. The zero-order valence-corrected chi connectivity index (χ0v) is 12.5. The standard InChI is InChI=1S/C15H20N4O2/c1-11(2)16-7-14-9-19(10-18-14)8-13-5-4-12(6-17-13)15(20)21-3/h4-6,9-11,16H,7-8H2,1-3H3. The molecule has 0 aromatic carbocycles. The number of hydrogen-bond donors (Lipinski definition) is 1. The van der Waals surface area contributed by atoms with Crippen LogP contribution in [-0.4, -0.2) is 33.7 Å². The van der Waals surface area contributed by atoms with Crippen LogP contribution in [0.3, 0.4) is 0 Å².